The van der Waals surface area contributed by atoms with Gasteiger partial charge >= 0.3 is 0 Å². The number of hydrogen-bond donors (Lipinski definition) is 2. The molecule has 100 valence electrons. The Bertz CT molecular complexity index is 390. The summed E-state index contributed by atoms with van der Waals surface area (Å²) in [5, 5.41) is 2.89. The highest BCUT2D eigenvalue weighted by Gasteiger charge is 2.13. The molecular weight excluding hydrogens is 228 g/mol. The highest BCUT2D eigenvalue weighted by Crippen LogP contribution is 2.14. The number of rotatable bonds is 5. The third kappa shape index (κ3) is 3.10. The van der Waals surface area contributed by atoms with Crippen LogP contribution in [0.3, 0.4) is 0 Å². The number of amides is 1. The molecule has 0 spiro atoms. The van der Waals surface area contributed by atoms with Crippen LogP contribution in [0.5, 0.6) is 0 Å². The summed E-state index contributed by atoms with van der Waals surface area (Å²) >= 11 is 0. The van der Waals surface area contributed by atoms with Crippen LogP contribution in [0.2, 0.25) is 0 Å². The average molecular weight is 250 g/mol. The third-order valence-electron chi connectivity index (χ3n) is 3.44. The van der Waals surface area contributed by atoms with Gasteiger partial charge in [-0.05, 0) is 12.8 Å². The van der Waals surface area contributed by atoms with E-state index in [4.69, 9.17) is 5.73 Å². The molecular formula is C13H22N4O. The van der Waals surface area contributed by atoms with E-state index in [1.165, 1.54) is 18.7 Å². The molecule has 18 heavy (non-hydrogen) atoms. The Hall–Kier alpha value is -1.36. The Morgan fingerprint density at radius 1 is 1.61 bits per heavy atom. The molecule has 0 fully saturated rings. The zero-order chi connectivity index (χ0) is 13.0. The van der Waals surface area contributed by atoms with Crippen molar-refractivity contribution in [3.8, 4) is 0 Å². The van der Waals surface area contributed by atoms with E-state index in [1.54, 1.807) is 0 Å². The van der Waals surface area contributed by atoms with Crippen LogP contribution in [0.15, 0.2) is 6.20 Å². The number of nitrogens with one attached hydrogen (secondary N) is 1. The van der Waals surface area contributed by atoms with E-state index >= 15 is 0 Å². The van der Waals surface area contributed by atoms with Gasteiger partial charge in [0.05, 0.1) is 5.69 Å². The van der Waals surface area contributed by atoms with Gasteiger partial charge in [-0.2, -0.15) is 0 Å². The highest BCUT2D eigenvalue weighted by atomic mass is 16.1. The maximum absolute atomic E-state index is 11.5. The molecule has 0 aliphatic carbocycles. The van der Waals surface area contributed by atoms with Gasteiger partial charge in [0.1, 0.15) is 5.82 Å². The number of aromatic nitrogens is 2. The number of carbonyl (C=O) groups is 1. The molecule has 0 saturated heterocycles. The topological polar surface area (TPSA) is 72.9 Å². The SMILES string of the molecule is CC(CN)C(=O)NCCc1cn2c(n1)CCCC2. The normalized spacial score (nSPS) is 16.1. The highest BCUT2D eigenvalue weighted by molar-refractivity contribution is 5.78. The van der Waals surface area contributed by atoms with E-state index in [-0.39, 0.29) is 11.8 Å². The molecule has 1 aliphatic heterocycles. The Labute approximate surface area is 108 Å². The molecule has 0 bridgehead atoms. The predicted molar refractivity (Wildman–Crippen MR) is 70.1 cm³/mol. The Morgan fingerprint density at radius 3 is 3.17 bits per heavy atom. The summed E-state index contributed by atoms with van der Waals surface area (Å²) in [6.07, 6.45) is 6.47. The Morgan fingerprint density at radius 2 is 2.44 bits per heavy atom. The van der Waals surface area contributed by atoms with Crippen LogP contribution in [0.4, 0.5) is 0 Å². The first kappa shape index (κ1) is 13.1. The smallest absolute Gasteiger partial charge is 0.224 e. The van der Waals surface area contributed by atoms with Gasteiger partial charge in [-0.25, -0.2) is 4.98 Å². The lowest BCUT2D eigenvalue weighted by Gasteiger charge is -2.11. The molecule has 2 heterocycles. The number of imidazole rings is 1. The molecule has 1 amide bonds. The van der Waals surface area contributed by atoms with Crippen LogP contribution in [-0.2, 0) is 24.2 Å². The fourth-order valence-corrected chi connectivity index (χ4v) is 2.19. The van der Waals surface area contributed by atoms with Crippen molar-refractivity contribution >= 4 is 5.91 Å². The maximum Gasteiger partial charge on any atom is 0.224 e. The lowest BCUT2D eigenvalue weighted by Crippen LogP contribution is -2.34. The summed E-state index contributed by atoms with van der Waals surface area (Å²) < 4.78 is 2.24. The van der Waals surface area contributed by atoms with Crippen molar-refractivity contribution in [3.63, 3.8) is 0 Å². The van der Waals surface area contributed by atoms with Crippen molar-refractivity contribution in [2.24, 2.45) is 11.7 Å². The van der Waals surface area contributed by atoms with Crippen LogP contribution in [0, 0.1) is 5.92 Å². The monoisotopic (exact) mass is 250 g/mol. The van der Waals surface area contributed by atoms with Crippen molar-refractivity contribution in [1.29, 1.82) is 0 Å². The minimum Gasteiger partial charge on any atom is -0.355 e. The molecule has 0 saturated carbocycles. The van der Waals surface area contributed by atoms with Gasteiger partial charge in [0.2, 0.25) is 5.91 Å². The van der Waals surface area contributed by atoms with Gasteiger partial charge < -0.3 is 15.6 Å². The Kier molecular flexibility index (Phi) is 4.36. The van der Waals surface area contributed by atoms with E-state index in [9.17, 15) is 4.79 Å². The molecule has 1 aliphatic rings. The van der Waals surface area contributed by atoms with Crippen molar-refractivity contribution in [3.05, 3.63) is 17.7 Å². The molecule has 1 unspecified atom stereocenters. The second-order valence-corrected chi connectivity index (χ2v) is 4.98. The largest absolute Gasteiger partial charge is 0.355 e. The number of carbonyl (C=O) groups excluding carboxylic acids is 1. The second kappa shape index (κ2) is 6.00. The predicted octanol–water partition coefficient (Wildman–Crippen LogP) is 0.473. The molecule has 1 aromatic heterocycles. The minimum absolute atomic E-state index is 0.0291. The number of hydrogen-bond acceptors (Lipinski definition) is 3. The minimum atomic E-state index is -0.111. The summed E-state index contributed by atoms with van der Waals surface area (Å²) in [5.41, 5.74) is 6.52. The van der Waals surface area contributed by atoms with Crippen molar-refractivity contribution in [1.82, 2.24) is 14.9 Å². The zero-order valence-electron chi connectivity index (χ0n) is 11.0. The molecule has 3 N–H and O–H groups in total. The molecule has 1 atom stereocenters. The first-order chi connectivity index (χ1) is 8.70. The molecule has 5 nitrogen and oxygen atoms in total. The summed E-state index contributed by atoms with van der Waals surface area (Å²) in [4.78, 5) is 16.1. The number of nitrogens with two attached hydrogens (primary N) is 1. The summed E-state index contributed by atoms with van der Waals surface area (Å²) in [7, 11) is 0. The van der Waals surface area contributed by atoms with Crippen molar-refractivity contribution < 1.29 is 4.79 Å². The van der Waals surface area contributed by atoms with E-state index in [0.29, 0.717) is 13.1 Å². The van der Waals surface area contributed by atoms with Crippen molar-refractivity contribution in [2.45, 2.75) is 39.2 Å². The fourth-order valence-electron chi connectivity index (χ4n) is 2.19. The zero-order valence-corrected chi connectivity index (χ0v) is 11.0. The van der Waals surface area contributed by atoms with Gasteiger partial charge in [0.25, 0.3) is 0 Å². The summed E-state index contributed by atoms with van der Waals surface area (Å²) in [6, 6.07) is 0. The van der Waals surface area contributed by atoms with Gasteiger partial charge in [-0.3, -0.25) is 4.79 Å². The maximum atomic E-state index is 11.5. The standard InChI is InChI=1S/C13H22N4O/c1-10(8-14)13(18)15-6-5-11-9-17-7-3-2-4-12(17)16-11/h9-10H,2-8,14H2,1H3,(H,15,18). The number of nitrogens with zero attached hydrogens (tertiary/aromatic N) is 2. The van der Waals surface area contributed by atoms with Gasteiger partial charge in [-0.15, -0.1) is 0 Å². The first-order valence-electron chi connectivity index (χ1n) is 6.73. The van der Waals surface area contributed by atoms with E-state index in [2.05, 4.69) is 21.1 Å². The number of aryl methyl sites for hydroxylation is 2. The fraction of sp³-hybridized carbons (Fsp3) is 0.692. The Balaban J connectivity index is 1.80. The van der Waals surface area contributed by atoms with E-state index < -0.39 is 0 Å². The third-order valence-corrected chi connectivity index (χ3v) is 3.44. The molecule has 0 radical (unpaired) electrons. The van der Waals surface area contributed by atoms with Crippen LogP contribution < -0.4 is 11.1 Å². The molecule has 5 heteroatoms. The van der Waals surface area contributed by atoms with Crippen LogP contribution in [0.1, 0.15) is 31.3 Å². The van der Waals surface area contributed by atoms with Crippen LogP contribution in [-0.4, -0.2) is 28.5 Å². The first-order valence-corrected chi connectivity index (χ1v) is 6.73. The van der Waals surface area contributed by atoms with Gasteiger partial charge in [0.15, 0.2) is 0 Å². The summed E-state index contributed by atoms with van der Waals surface area (Å²) in [6.45, 7) is 3.95. The molecule has 2 rings (SSSR count). The van der Waals surface area contributed by atoms with Crippen molar-refractivity contribution in [2.75, 3.05) is 13.1 Å². The van der Waals surface area contributed by atoms with E-state index in [1.807, 2.05) is 6.92 Å². The summed E-state index contributed by atoms with van der Waals surface area (Å²) in [5.74, 6) is 1.11. The van der Waals surface area contributed by atoms with Crippen LogP contribution >= 0.6 is 0 Å². The second-order valence-electron chi connectivity index (χ2n) is 4.98. The molecule has 0 aromatic carbocycles. The lowest BCUT2D eigenvalue weighted by atomic mass is 10.1. The van der Waals surface area contributed by atoms with Gasteiger partial charge in [0, 0.05) is 44.6 Å². The average Bonchev–Trinajstić information content (AvgIpc) is 2.80. The van der Waals surface area contributed by atoms with Crippen LogP contribution in [0.25, 0.3) is 0 Å². The lowest BCUT2D eigenvalue weighted by molar-refractivity contribution is -0.124. The molecule has 1 aromatic rings. The number of fused-ring (bicyclic) bond motifs is 1. The quantitative estimate of drug-likeness (QED) is 0.798. The van der Waals surface area contributed by atoms with E-state index in [0.717, 1.165) is 25.1 Å². The van der Waals surface area contributed by atoms with Gasteiger partial charge in [-0.1, -0.05) is 6.92 Å².